The number of carboxylic acid groups (broad SMARTS) is 1. The highest BCUT2D eigenvalue weighted by atomic mass is 32.2. The zero-order valence-electron chi connectivity index (χ0n) is 14.3. The van der Waals surface area contributed by atoms with Gasteiger partial charge in [0, 0.05) is 12.1 Å². The molecule has 0 amide bonds. The molecule has 9 nitrogen and oxygen atoms in total. The third-order valence-electron chi connectivity index (χ3n) is 3.55. The number of sulfonamides is 1. The van der Waals surface area contributed by atoms with Crippen molar-refractivity contribution in [2.45, 2.75) is 23.7 Å². The number of aliphatic carboxylic acids is 1. The highest BCUT2D eigenvalue weighted by Gasteiger charge is 2.31. The van der Waals surface area contributed by atoms with Crippen LogP contribution in [0.1, 0.15) is 5.56 Å². The van der Waals surface area contributed by atoms with Gasteiger partial charge in [-0.3, -0.25) is 14.9 Å². The maximum Gasteiger partial charge on any atom is 0.573 e. The van der Waals surface area contributed by atoms with Gasteiger partial charge in [0.2, 0.25) is 10.0 Å². The first-order chi connectivity index (χ1) is 13.4. The Kier molecular flexibility index (Phi) is 6.44. The van der Waals surface area contributed by atoms with Crippen LogP contribution in [0.3, 0.4) is 0 Å². The molecule has 0 radical (unpaired) electrons. The summed E-state index contributed by atoms with van der Waals surface area (Å²) in [7, 11) is -4.38. The van der Waals surface area contributed by atoms with Gasteiger partial charge >= 0.3 is 12.3 Å². The van der Waals surface area contributed by atoms with Crippen LogP contribution in [0.25, 0.3) is 0 Å². The van der Waals surface area contributed by atoms with Crippen molar-refractivity contribution in [2.75, 3.05) is 0 Å². The molecule has 0 spiro atoms. The number of nitro groups is 1. The summed E-state index contributed by atoms with van der Waals surface area (Å²) in [5.41, 5.74) is 0.0991. The Morgan fingerprint density at radius 2 is 1.69 bits per heavy atom. The van der Waals surface area contributed by atoms with Gasteiger partial charge in [-0.15, -0.1) is 13.2 Å². The van der Waals surface area contributed by atoms with Crippen LogP contribution in [-0.4, -0.2) is 36.8 Å². The Hall–Kier alpha value is -3.19. The van der Waals surface area contributed by atoms with Crippen LogP contribution in [0.4, 0.5) is 18.9 Å². The molecule has 2 aromatic carbocycles. The number of carbonyl (C=O) groups is 1. The highest BCUT2D eigenvalue weighted by Crippen LogP contribution is 2.24. The van der Waals surface area contributed by atoms with Crippen LogP contribution in [0.5, 0.6) is 5.75 Å². The van der Waals surface area contributed by atoms with Crippen molar-refractivity contribution < 1.29 is 41.2 Å². The standard InChI is InChI=1S/C16H13F3N2O7S/c17-16(18,19)28-12-5-7-13(8-6-12)29(26,27)20-14(15(22)23)9-10-1-3-11(4-2-10)21(24)25/h1-8,14,20H,9H2,(H,22,23)/t14-/m1/s1. The molecule has 2 rings (SSSR count). The molecule has 0 saturated carbocycles. The van der Waals surface area contributed by atoms with Crippen molar-refractivity contribution >= 4 is 21.7 Å². The zero-order chi connectivity index (χ0) is 21.8. The average Bonchev–Trinajstić information content (AvgIpc) is 2.60. The molecule has 0 aromatic heterocycles. The van der Waals surface area contributed by atoms with E-state index in [0.717, 1.165) is 36.4 Å². The van der Waals surface area contributed by atoms with Crippen LogP contribution in [-0.2, 0) is 21.2 Å². The van der Waals surface area contributed by atoms with Crippen LogP contribution < -0.4 is 9.46 Å². The van der Waals surface area contributed by atoms with E-state index in [1.54, 1.807) is 0 Å². The van der Waals surface area contributed by atoms with Gasteiger partial charge in [0.1, 0.15) is 11.8 Å². The number of nitro benzene ring substituents is 1. The summed E-state index contributed by atoms with van der Waals surface area (Å²) < 4.78 is 66.7. The lowest BCUT2D eigenvalue weighted by Gasteiger charge is -2.15. The Balaban J connectivity index is 2.16. The van der Waals surface area contributed by atoms with Gasteiger partial charge in [0.15, 0.2) is 0 Å². The summed E-state index contributed by atoms with van der Waals surface area (Å²) in [6.45, 7) is 0. The van der Waals surface area contributed by atoms with Crippen molar-refractivity contribution in [3.63, 3.8) is 0 Å². The fourth-order valence-electron chi connectivity index (χ4n) is 2.24. The monoisotopic (exact) mass is 434 g/mol. The van der Waals surface area contributed by atoms with Gasteiger partial charge < -0.3 is 9.84 Å². The molecule has 1 atom stereocenters. The number of hydrogen-bond acceptors (Lipinski definition) is 6. The van der Waals surface area contributed by atoms with E-state index in [1.165, 1.54) is 12.1 Å². The van der Waals surface area contributed by atoms with Gasteiger partial charge in [0.25, 0.3) is 5.69 Å². The van der Waals surface area contributed by atoms with E-state index >= 15 is 0 Å². The van der Waals surface area contributed by atoms with Crippen LogP contribution in [0.15, 0.2) is 53.4 Å². The molecule has 0 unspecified atom stereocenters. The SMILES string of the molecule is O=C(O)[C@@H](Cc1ccc([N+](=O)[O-])cc1)NS(=O)(=O)c1ccc(OC(F)(F)F)cc1. The summed E-state index contributed by atoms with van der Waals surface area (Å²) in [5, 5.41) is 19.9. The first kappa shape index (κ1) is 22.1. The first-order valence-corrected chi connectivity index (χ1v) is 9.20. The average molecular weight is 434 g/mol. The molecule has 2 N–H and O–H groups in total. The molecule has 0 fully saturated rings. The van der Waals surface area contributed by atoms with E-state index in [9.17, 15) is 41.6 Å². The van der Waals surface area contributed by atoms with Gasteiger partial charge in [-0.25, -0.2) is 8.42 Å². The van der Waals surface area contributed by atoms with E-state index in [-0.39, 0.29) is 12.1 Å². The number of nitrogens with zero attached hydrogens (tertiary/aromatic N) is 1. The topological polar surface area (TPSA) is 136 Å². The van der Waals surface area contributed by atoms with Crippen LogP contribution in [0.2, 0.25) is 0 Å². The molecule has 2 aromatic rings. The number of hydrogen-bond donors (Lipinski definition) is 2. The van der Waals surface area contributed by atoms with E-state index in [1.807, 2.05) is 4.72 Å². The molecule has 0 bridgehead atoms. The largest absolute Gasteiger partial charge is 0.573 e. The fraction of sp³-hybridized carbons (Fsp3) is 0.188. The second kappa shape index (κ2) is 8.45. The summed E-state index contributed by atoms with van der Waals surface area (Å²) in [6, 6.07) is 6.43. The maximum atomic E-state index is 12.4. The van der Waals surface area contributed by atoms with E-state index in [4.69, 9.17) is 0 Å². The fourth-order valence-corrected chi connectivity index (χ4v) is 3.43. The molecule has 13 heteroatoms. The predicted molar refractivity (Wildman–Crippen MR) is 91.7 cm³/mol. The Morgan fingerprint density at radius 3 is 2.14 bits per heavy atom. The first-order valence-electron chi connectivity index (χ1n) is 7.72. The third kappa shape index (κ3) is 6.43. The third-order valence-corrected chi connectivity index (χ3v) is 5.04. The smallest absolute Gasteiger partial charge is 0.480 e. The minimum absolute atomic E-state index is 0.220. The summed E-state index contributed by atoms with van der Waals surface area (Å²) >= 11 is 0. The molecule has 0 aliphatic heterocycles. The zero-order valence-corrected chi connectivity index (χ0v) is 15.1. The van der Waals surface area contributed by atoms with Gasteiger partial charge in [0.05, 0.1) is 9.82 Å². The van der Waals surface area contributed by atoms with Crippen molar-refractivity contribution in [1.29, 1.82) is 0 Å². The molecule has 0 saturated heterocycles. The molecule has 0 aliphatic carbocycles. The normalized spacial score (nSPS) is 12.9. The predicted octanol–water partition coefficient (Wildman–Crippen LogP) is 2.47. The molecule has 0 heterocycles. The molecule has 29 heavy (non-hydrogen) atoms. The van der Waals surface area contributed by atoms with Gasteiger partial charge in [-0.2, -0.15) is 4.72 Å². The second-order valence-electron chi connectivity index (χ2n) is 5.66. The summed E-state index contributed by atoms with van der Waals surface area (Å²) in [6.07, 6.45) is -5.26. The number of nitrogens with one attached hydrogen (secondary N) is 1. The summed E-state index contributed by atoms with van der Waals surface area (Å²) in [4.78, 5) is 20.9. The molecule has 156 valence electrons. The van der Waals surface area contributed by atoms with Gasteiger partial charge in [-0.05, 0) is 36.2 Å². The molecular formula is C16H13F3N2O7S. The molecule has 0 aliphatic rings. The number of rotatable bonds is 8. The lowest BCUT2D eigenvalue weighted by Crippen LogP contribution is -2.42. The second-order valence-corrected chi connectivity index (χ2v) is 7.37. The van der Waals surface area contributed by atoms with E-state index in [2.05, 4.69) is 4.74 Å². The number of non-ortho nitro benzene ring substituents is 1. The van der Waals surface area contributed by atoms with Gasteiger partial charge in [-0.1, -0.05) is 12.1 Å². The highest BCUT2D eigenvalue weighted by molar-refractivity contribution is 7.89. The Labute approximate surface area is 161 Å². The summed E-state index contributed by atoms with van der Waals surface area (Å²) in [5.74, 6) is -2.15. The number of carboxylic acids is 1. The van der Waals surface area contributed by atoms with Crippen molar-refractivity contribution in [1.82, 2.24) is 4.72 Å². The van der Waals surface area contributed by atoms with Crippen molar-refractivity contribution in [2.24, 2.45) is 0 Å². The minimum Gasteiger partial charge on any atom is -0.480 e. The number of halogens is 3. The molecular weight excluding hydrogens is 421 g/mol. The number of benzene rings is 2. The van der Waals surface area contributed by atoms with E-state index < -0.39 is 44.0 Å². The minimum atomic E-state index is -4.95. The van der Waals surface area contributed by atoms with Crippen molar-refractivity contribution in [3.05, 3.63) is 64.2 Å². The lowest BCUT2D eigenvalue weighted by atomic mass is 10.1. The van der Waals surface area contributed by atoms with Crippen LogP contribution in [0, 0.1) is 10.1 Å². The van der Waals surface area contributed by atoms with Crippen LogP contribution >= 0.6 is 0 Å². The lowest BCUT2D eigenvalue weighted by molar-refractivity contribution is -0.384. The quantitative estimate of drug-likeness (QED) is 0.481. The number of ether oxygens (including phenoxy) is 1. The number of alkyl halides is 3. The van der Waals surface area contributed by atoms with E-state index in [0.29, 0.717) is 5.56 Å². The Bertz CT molecular complexity index is 991. The van der Waals surface area contributed by atoms with Crippen molar-refractivity contribution in [3.8, 4) is 5.75 Å². The maximum absolute atomic E-state index is 12.4. The Morgan fingerprint density at radius 1 is 1.14 bits per heavy atom.